The highest BCUT2D eigenvalue weighted by molar-refractivity contribution is 6.42. The number of para-hydroxylation sites is 1. The van der Waals surface area contributed by atoms with Crippen molar-refractivity contribution < 1.29 is 14.7 Å². The molecule has 1 aromatic heterocycles. The molecule has 0 saturated heterocycles. The van der Waals surface area contributed by atoms with Crippen LogP contribution in [-0.4, -0.2) is 21.6 Å². The third-order valence-electron chi connectivity index (χ3n) is 3.33. The fraction of sp³-hybridized carbons (Fsp3) is 0. The van der Waals surface area contributed by atoms with Crippen LogP contribution < -0.4 is 0 Å². The molecule has 0 saturated carbocycles. The van der Waals surface area contributed by atoms with Crippen LogP contribution in [0.25, 0.3) is 10.9 Å². The molecule has 0 unspecified atom stereocenters. The Morgan fingerprint density at radius 3 is 2.41 bits per heavy atom. The predicted octanol–water partition coefficient (Wildman–Crippen LogP) is 4.33. The molecule has 4 nitrogen and oxygen atoms in total. The van der Waals surface area contributed by atoms with Crippen LogP contribution in [0.4, 0.5) is 0 Å². The lowest BCUT2D eigenvalue weighted by Crippen LogP contribution is -2.10. The van der Waals surface area contributed by atoms with E-state index in [0.29, 0.717) is 21.5 Å². The molecule has 0 amide bonds. The van der Waals surface area contributed by atoms with E-state index in [-0.39, 0.29) is 16.5 Å². The average Bonchev–Trinajstić information content (AvgIpc) is 2.89. The first kappa shape index (κ1) is 14.6. The van der Waals surface area contributed by atoms with Gasteiger partial charge in [0.1, 0.15) is 0 Å². The standard InChI is InChI=1S/C16H9Cl2NO3/c17-12-6-5-9(7-13(12)18)15(20)19-8-11(16(21)22)10-3-1-2-4-14(10)19/h1-8H,(H,21,22). The smallest absolute Gasteiger partial charge is 0.337 e. The summed E-state index contributed by atoms with van der Waals surface area (Å²) in [5.74, 6) is -1.46. The summed E-state index contributed by atoms with van der Waals surface area (Å²) in [5, 5.41) is 10.4. The minimum Gasteiger partial charge on any atom is -0.478 e. The number of fused-ring (bicyclic) bond motifs is 1. The first-order valence-electron chi connectivity index (χ1n) is 6.32. The van der Waals surface area contributed by atoms with Crippen molar-refractivity contribution in [2.24, 2.45) is 0 Å². The zero-order valence-electron chi connectivity index (χ0n) is 11.1. The van der Waals surface area contributed by atoms with E-state index >= 15 is 0 Å². The van der Waals surface area contributed by atoms with Crippen molar-refractivity contribution in [3.8, 4) is 0 Å². The summed E-state index contributed by atoms with van der Waals surface area (Å²) >= 11 is 11.8. The maximum absolute atomic E-state index is 12.6. The summed E-state index contributed by atoms with van der Waals surface area (Å²) < 4.78 is 1.30. The monoisotopic (exact) mass is 333 g/mol. The van der Waals surface area contributed by atoms with Gasteiger partial charge in [-0.2, -0.15) is 0 Å². The van der Waals surface area contributed by atoms with E-state index in [0.717, 1.165) is 0 Å². The van der Waals surface area contributed by atoms with Crippen molar-refractivity contribution in [3.63, 3.8) is 0 Å². The molecular formula is C16H9Cl2NO3. The van der Waals surface area contributed by atoms with Gasteiger partial charge in [-0.3, -0.25) is 9.36 Å². The second-order valence-corrected chi connectivity index (χ2v) is 5.48. The largest absolute Gasteiger partial charge is 0.478 e. The van der Waals surface area contributed by atoms with Crippen molar-refractivity contribution >= 4 is 46.0 Å². The molecule has 110 valence electrons. The second-order valence-electron chi connectivity index (χ2n) is 4.67. The second kappa shape index (κ2) is 5.48. The molecule has 1 N–H and O–H groups in total. The number of carboxylic acid groups (broad SMARTS) is 1. The van der Waals surface area contributed by atoms with Crippen molar-refractivity contribution in [1.29, 1.82) is 0 Å². The van der Waals surface area contributed by atoms with Gasteiger partial charge in [-0.25, -0.2) is 4.79 Å². The number of aromatic carboxylic acids is 1. The number of hydrogen-bond donors (Lipinski definition) is 1. The number of carbonyl (C=O) groups excluding carboxylic acids is 1. The summed E-state index contributed by atoms with van der Waals surface area (Å²) in [5.41, 5.74) is 0.923. The highest BCUT2D eigenvalue weighted by atomic mass is 35.5. The van der Waals surface area contributed by atoms with Gasteiger partial charge in [-0.05, 0) is 24.3 Å². The average molecular weight is 334 g/mol. The van der Waals surface area contributed by atoms with Crippen LogP contribution in [0, 0.1) is 0 Å². The molecule has 0 spiro atoms. The van der Waals surface area contributed by atoms with Gasteiger partial charge < -0.3 is 5.11 Å². The number of nitrogens with zero attached hydrogens (tertiary/aromatic N) is 1. The summed E-state index contributed by atoms with van der Waals surface area (Å²) in [7, 11) is 0. The van der Waals surface area contributed by atoms with Crippen molar-refractivity contribution in [2.75, 3.05) is 0 Å². The Morgan fingerprint density at radius 1 is 1.00 bits per heavy atom. The van der Waals surface area contributed by atoms with Crippen molar-refractivity contribution in [1.82, 2.24) is 4.57 Å². The molecule has 6 heteroatoms. The normalized spacial score (nSPS) is 10.8. The van der Waals surface area contributed by atoms with E-state index in [9.17, 15) is 14.7 Å². The van der Waals surface area contributed by atoms with E-state index in [4.69, 9.17) is 23.2 Å². The van der Waals surface area contributed by atoms with Crippen LogP contribution in [-0.2, 0) is 0 Å². The number of carboxylic acids is 1. The Bertz CT molecular complexity index is 915. The first-order valence-corrected chi connectivity index (χ1v) is 7.08. The van der Waals surface area contributed by atoms with Crippen LogP contribution >= 0.6 is 23.2 Å². The van der Waals surface area contributed by atoms with E-state index in [1.54, 1.807) is 30.3 Å². The fourth-order valence-corrected chi connectivity index (χ4v) is 2.58. The molecule has 0 radical (unpaired) electrons. The molecular weight excluding hydrogens is 325 g/mol. The van der Waals surface area contributed by atoms with Gasteiger partial charge in [-0.1, -0.05) is 41.4 Å². The molecule has 0 aliphatic heterocycles. The molecule has 2 aromatic carbocycles. The third-order valence-corrected chi connectivity index (χ3v) is 4.07. The molecule has 0 aliphatic rings. The number of hydrogen-bond acceptors (Lipinski definition) is 2. The Hall–Kier alpha value is -2.30. The molecule has 0 aliphatic carbocycles. The van der Waals surface area contributed by atoms with Crippen LogP contribution in [0.15, 0.2) is 48.7 Å². The van der Waals surface area contributed by atoms with Gasteiger partial charge >= 0.3 is 5.97 Å². The Balaban J connectivity index is 2.19. The van der Waals surface area contributed by atoms with Crippen molar-refractivity contribution in [2.45, 2.75) is 0 Å². The molecule has 3 rings (SSSR count). The predicted molar refractivity (Wildman–Crippen MR) is 85.1 cm³/mol. The lowest BCUT2D eigenvalue weighted by Gasteiger charge is -2.05. The lowest BCUT2D eigenvalue weighted by atomic mass is 10.2. The topological polar surface area (TPSA) is 59.3 Å². The van der Waals surface area contributed by atoms with Gasteiger partial charge in [0.2, 0.25) is 0 Å². The molecule has 0 fully saturated rings. The van der Waals surface area contributed by atoms with Crippen molar-refractivity contribution in [3.05, 3.63) is 69.8 Å². The SMILES string of the molecule is O=C(O)c1cn(C(=O)c2ccc(Cl)c(Cl)c2)c2ccccc12. The van der Waals surface area contributed by atoms with Gasteiger partial charge in [-0.15, -0.1) is 0 Å². The summed E-state index contributed by atoms with van der Waals surface area (Å²) in [4.78, 5) is 24.0. The van der Waals surface area contributed by atoms with Crippen LogP contribution in [0.5, 0.6) is 0 Å². The highest BCUT2D eigenvalue weighted by Gasteiger charge is 2.18. The summed E-state index contributed by atoms with van der Waals surface area (Å²) in [6, 6.07) is 11.4. The maximum atomic E-state index is 12.6. The van der Waals surface area contributed by atoms with Gasteiger partial charge in [0.05, 0.1) is 21.1 Å². The Labute approximate surface area is 135 Å². The molecule has 0 bridgehead atoms. The zero-order valence-corrected chi connectivity index (χ0v) is 12.6. The highest BCUT2D eigenvalue weighted by Crippen LogP contribution is 2.26. The molecule has 0 atom stereocenters. The van der Waals surface area contributed by atoms with Gasteiger partial charge in [0, 0.05) is 17.1 Å². The van der Waals surface area contributed by atoms with Crippen LogP contribution in [0.2, 0.25) is 10.0 Å². The number of benzene rings is 2. The number of carbonyl (C=O) groups is 2. The zero-order chi connectivity index (χ0) is 15.9. The van der Waals surface area contributed by atoms with E-state index in [1.165, 1.54) is 22.9 Å². The number of rotatable bonds is 2. The van der Waals surface area contributed by atoms with E-state index in [2.05, 4.69) is 0 Å². The quantitative estimate of drug-likeness (QED) is 0.759. The van der Waals surface area contributed by atoms with E-state index in [1.807, 2.05) is 0 Å². The lowest BCUT2D eigenvalue weighted by molar-refractivity contribution is 0.0699. The Morgan fingerprint density at radius 2 is 1.73 bits per heavy atom. The fourth-order valence-electron chi connectivity index (χ4n) is 2.29. The number of aromatic nitrogens is 1. The van der Waals surface area contributed by atoms with Gasteiger partial charge in [0.25, 0.3) is 5.91 Å². The molecule has 22 heavy (non-hydrogen) atoms. The van der Waals surface area contributed by atoms with Crippen LogP contribution in [0.3, 0.4) is 0 Å². The van der Waals surface area contributed by atoms with Crippen LogP contribution in [0.1, 0.15) is 20.7 Å². The Kier molecular flexibility index (Phi) is 3.64. The molecule has 3 aromatic rings. The maximum Gasteiger partial charge on any atom is 0.337 e. The van der Waals surface area contributed by atoms with E-state index < -0.39 is 5.97 Å². The van der Waals surface area contributed by atoms with Gasteiger partial charge in [0.15, 0.2) is 0 Å². The third kappa shape index (κ3) is 2.36. The molecule has 1 heterocycles. The first-order chi connectivity index (χ1) is 10.5. The minimum absolute atomic E-state index is 0.0732. The summed E-state index contributed by atoms with van der Waals surface area (Å²) in [6.45, 7) is 0. The summed E-state index contributed by atoms with van der Waals surface area (Å²) in [6.07, 6.45) is 1.32. The number of halogens is 2. The minimum atomic E-state index is -1.09.